The molecule has 1 aromatic heterocycles. The van der Waals surface area contributed by atoms with Crippen LogP contribution in [-0.4, -0.2) is 21.2 Å². The molecule has 0 atom stereocenters. The highest BCUT2D eigenvalue weighted by Gasteiger charge is 2.10. The van der Waals surface area contributed by atoms with Gasteiger partial charge in [0.2, 0.25) is 5.91 Å². The molecule has 1 amide bonds. The van der Waals surface area contributed by atoms with Gasteiger partial charge in [0.1, 0.15) is 0 Å². The van der Waals surface area contributed by atoms with Gasteiger partial charge < -0.3 is 9.88 Å². The van der Waals surface area contributed by atoms with Crippen molar-refractivity contribution in [3.8, 4) is 0 Å². The smallest absolute Gasteiger partial charge is 0.234 e. The number of carbonyl (C=O) groups excluding carboxylic acids is 1. The van der Waals surface area contributed by atoms with Gasteiger partial charge in [0.05, 0.1) is 11.4 Å². The third-order valence-electron chi connectivity index (χ3n) is 3.32. The molecule has 0 saturated heterocycles. The Hall–Kier alpha value is -1.70. The molecule has 25 heavy (non-hydrogen) atoms. The molecule has 3 aromatic rings. The number of rotatable bonds is 6. The Kier molecular flexibility index (Phi) is 6.23. The van der Waals surface area contributed by atoms with E-state index in [4.69, 9.17) is 0 Å². The number of anilines is 1. The minimum absolute atomic E-state index is 0.0270. The predicted octanol–water partition coefficient (Wildman–Crippen LogP) is 5.06. The molecule has 128 valence electrons. The summed E-state index contributed by atoms with van der Waals surface area (Å²) in [6.45, 7) is 0. The number of amides is 1. The van der Waals surface area contributed by atoms with Crippen molar-refractivity contribution in [3.05, 3.63) is 65.4 Å². The SMILES string of the molecule is Cn1ccnc1Sc1ccccc1NC(=O)CSc1ccc(Br)cc1. The number of para-hydroxylation sites is 1. The second kappa shape index (κ2) is 8.60. The van der Waals surface area contributed by atoms with Crippen LogP contribution in [-0.2, 0) is 11.8 Å². The first kappa shape index (κ1) is 18.1. The van der Waals surface area contributed by atoms with E-state index >= 15 is 0 Å². The van der Waals surface area contributed by atoms with Gasteiger partial charge in [-0.2, -0.15) is 0 Å². The molecular formula is C18H16BrN3OS2. The first-order valence-electron chi connectivity index (χ1n) is 7.54. The van der Waals surface area contributed by atoms with E-state index in [2.05, 4.69) is 26.2 Å². The van der Waals surface area contributed by atoms with Crippen LogP contribution >= 0.6 is 39.5 Å². The molecular weight excluding hydrogens is 418 g/mol. The molecule has 0 spiro atoms. The van der Waals surface area contributed by atoms with Crippen LogP contribution in [0.15, 0.2) is 80.3 Å². The van der Waals surface area contributed by atoms with Gasteiger partial charge in [-0.1, -0.05) is 28.1 Å². The first-order valence-corrected chi connectivity index (χ1v) is 10.1. The van der Waals surface area contributed by atoms with Gasteiger partial charge >= 0.3 is 0 Å². The Labute approximate surface area is 163 Å². The Balaban J connectivity index is 1.63. The molecule has 0 unspecified atom stereocenters. The summed E-state index contributed by atoms with van der Waals surface area (Å²) >= 11 is 6.45. The van der Waals surface area contributed by atoms with E-state index < -0.39 is 0 Å². The molecule has 0 radical (unpaired) electrons. The zero-order chi connectivity index (χ0) is 17.6. The maximum atomic E-state index is 12.3. The zero-order valence-corrected chi connectivity index (χ0v) is 16.7. The molecule has 0 aliphatic rings. The van der Waals surface area contributed by atoms with Crippen molar-refractivity contribution in [2.24, 2.45) is 7.05 Å². The number of nitrogens with one attached hydrogen (secondary N) is 1. The minimum Gasteiger partial charge on any atom is -0.329 e. The summed E-state index contributed by atoms with van der Waals surface area (Å²) in [7, 11) is 1.95. The predicted molar refractivity (Wildman–Crippen MR) is 107 cm³/mol. The van der Waals surface area contributed by atoms with Crippen LogP contribution in [0.25, 0.3) is 0 Å². The van der Waals surface area contributed by atoms with Crippen LogP contribution in [0.1, 0.15) is 0 Å². The highest BCUT2D eigenvalue weighted by atomic mass is 79.9. The number of benzene rings is 2. The van der Waals surface area contributed by atoms with Crippen LogP contribution < -0.4 is 5.32 Å². The number of hydrogen-bond donors (Lipinski definition) is 1. The normalized spacial score (nSPS) is 10.6. The number of halogens is 1. The molecule has 0 saturated carbocycles. The number of thioether (sulfide) groups is 1. The summed E-state index contributed by atoms with van der Waals surface area (Å²) in [5, 5.41) is 3.88. The van der Waals surface area contributed by atoms with Crippen molar-refractivity contribution in [3.63, 3.8) is 0 Å². The fourth-order valence-corrected chi connectivity index (χ4v) is 3.93. The minimum atomic E-state index is -0.0270. The van der Waals surface area contributed by atoms with Gasteiger partial charge in [-0.3, -0.25) is 4.79 Å². The van der Waals surface area contributed by atoms with Gasteiger partial charge in [0, 0.05) is 33.7 Å². The number of imidazole rings is 1. The zero-order valence-electron chi connectivity index (χ0n) is 13.5. The van der Waals surface area contributed by atoms with Gasteiger partial charge in [0.25, 0.3) is 0 Å². The van der Waals surface area contributed by atoms with Gasteiger partial charge in [-0.25, -0.2) is 4.98 Å². The number of carbonyl (C=O) groups is 1. The van der Waals surface area contributed by atoms with E-state index in [0.29, 0.717) is 5.75 Å². The Morgan fingerprint density at radius 2 is 1.96 bits per heavy atom. The Morgan fingerprint density at radius 3 is 2.68 bits per heavy atom. The average Bonchev–Trinajstić information content (AvgIpc) is 3.01. The van der Waals surface area contributed by atoms with Crippen LogP contribution in [0.3, 0.4) is 0 Å². The summed E-state index contributed by atoms with van der Waals surface area (Å²) in [6.07, 6.45) is 3.66. The van der Waals surface area contributed by atoms with E-state index in [-0.39, 0.29) is 5.91 Å². The van der Waals surface area contributed by atoms with Gasteiger partial charge in [-0.15, -0.1) is 11.8 Å². The molecule has 0 bridgehead atoms. The number of hydrogen-bond acceptors (Lipinski definition) is 4. The lowest BCUT2D eigenvalue weighted by Gasteiger charge is -2.10. The van der Waals surface area contributed by atoms with Crippen LogP contribution in [0.4, 0.5) is 5.69 Å². The third kappa shape index (κ3) is 5.14. The number of nitrogens with zero attached hydrogens (tertiary/aromatic N) is 2. The molecule has 7 heteroatoms. The standard InChI is InChI=1S/C18H16BrN3OS2/c1-22-11-10-20-18(22)25-16-5-3-2-4-15(16)21-17(23)12-24-14-8-6-13(19)7-9-14/h2-11H,12H2,1H3,(H,21,23). The van der Waals surface area contributed by atoms with E-state index in [1.54, 1.807) is 6.20 Å². The fraction of sp³-hybridized carbons (Fsp3) is 0.111. The highest BCUT2D eigenvalue weighted by Crippen LogP contribution is 2.32. The fourth-order valence-electron chi connectivity index (χ4n) is 2.07. The maximum absolute atomic E-state index is 12.3. The topological polar surface area (TPSA) is 46.9 Å². The van der Waals surface area contributed by atoms with Crippen LogP contribution in [0, 0.1) is 0 Å². The molecule has 3 rings (SSSR count). The van der Waals surface area contributed by atoms with Crippen molar-refractivity contribution in [2.45, 2.75) is 14.9 Å². The highest BCUT2D eigenvalue weighted by molar-refractivity contribution is 9.10. The van der Waals surface area contributed by atoms with Crippen LogP contribution in [0.5, 0.6) is 0 Å². The second-order valence-corrected chi connectivity index (χ2v) is 8.18. The molecule has 0 aliphatic carbocycles. The summed E-state index contributed by atoms with van der Waals surface area (Å²) in [5.41, 5.74) is 0.803. The lowest BCUT2D eigenvalue weighted by atomic mass is 10.3. The third-order valence-corrected chi connectivity index (χ3v) is 6.02. The molecule has 4 nitrogen and oxygen atoms in total. The van der Waals surface area contributed by atoms with Gasteiger partial charge in [-0.05, 0) is 48.2 Å². The Bertz CT molecular complexity index is 865. The van der Waals surface area contributed by atoms with E-state index in [1.807, 2.05) is 66.3 Å². The van der Waals surface area contributed by atoms with Crippen LogP contribution in [0.2, 0.25) is 0 Å². The van der Waals surface area contributed by atoms with Crippen molar-refractivity contribution in [2.75, 3.05) is 11.1 Å². The monoisotopic (exact) mass is 433 g/mol. The summed E-state index contributed by atoms with van der Waals surface area (Å²) in [6, 6.07) is 15.7. The van der Waals surface area contributed by atoms with E-state index in [0.717, 1.165) is 25.1 Å². The lowest BCUT2D eigenvalue weighted by Crippen LogP contribution is -2.14. The summed E-state index contributed by atoms with van der Waals surface area (Å²) < 4.78 is 2.98. The first-order chi connectivity index (χ1) is 12.1. The summed E-state index contributed by atoms with van der Waals surface area (Å²) in [4.78, 5) is 18.7. The Morgan fingerprint density at radius 1 is 1.20 bits per heavy atom. The van der Waals surface area contributed by atoms with E-state index in [9.17, 15) is 4.79 Å². The molecule has 1 N–H and O–H groups in total. The van der Waals surface area contributed by atoms with Crippen molar-refractivity contribution >= 4 is 51.0 Å². The van der Waals surface area contributed by atoms with Gasteiger partial charge in [0.15, 0.2) is 5.16 Å². The van der Waals surface area contributed by atoms with Crippen molar-refractivity contribution < 1.29 is 4.79 Å². The maximum Gasteiger partial charge on any atom is 0.234 e. The quantitative estimate of drug-likeness (QED) is 0.551. The molecule has 0 fully saturated rings. The summed E-state index contributed by atoms with van der Waals surface area (Å²) in [5.74, 6) is 0.337. The largest absolute Gasteiger partial charge is 0.329 e. The molecule has 0 aliphatic heterocycles. The van der Waals surface area contributed by atoms with Crippen molar-refractivity contribution in [1.29, 1.82) is 0 Å². The second-order valence-electron chi connectivity index (χ2n) is 5.21. The van der Waals surface area contributed by atoms with Crippen molar-refractivity contribution in [1.82, 2.24) is 9.55 Å². The molecule has 2 aromatic carbocycles. The number of aryl methyl sites for hydroxylation is 1. The average molecular weight is 434 g/mol. The van der Waals surface area contributed by atoms with E-state index in [1.165, 1.54) is 23.5 Å². The lowest BCUT2D eigenvalue weighted by molar-refractivity contribution is -0.113. The molecule has 1 heterocycles. The number of aromatic nitrogens is 2.